The molecule has 0 amide bonds. The molecule has 0 aliphatic heterocycles. The van der Waals surface area contributed by atoms with Gasteiger partial charge in [-0.1, -0.05) is 18.2 Å². The number of H-pyrrole nitrogens is 1. The van der Waals surface area contributed by atoms with Crippen LogP contribution in [0.15, 0.2) is 9.95 Å². The van der Waals surface area contributed by atoms with E-state index < -0.39 is 0 Å². The smallest absolute Gasteiger partial charge is 0.316 e. The summed E-state index contributed by atoms with van der Waals surface area (Å²) in [5.41, 5.74) is -0.0472. The molecule has 1 heterocycles. The molecule has 0 saturated heterocycles. The molecule has 17 heavy (non-hydrogen) atoms. The average Bonchev–Trinajstić information content (AvgIpc) is 2.95. The van der Waals surface area contributed by atoms with Gasteiger partial charge in [0.25, 0.3) is 0 Å². The fraction of sp³-hybridized carbons (Fsp3) is 0.818. The van der Waals surface area contributed by atoms with E-state index in [4.69, 9.17) is 0 Å². The van der Waals surface area contributed by atoms with E-state index in [1.165, 1.54) is 19.3 Å². The average molecular weight is 254 g/mol. The van der Waals surface area contributed by atoms with Crippen molar-refractivity contribution in [2.24, 2.45) is 0 Å². The zero-order valence-electron chi connectivity index (χ0n) is 9.98. The number of nitrogens with one attached hydrogen (secondary N) is 2. The summed E-state index contributed by atoms with van der Waals surface area (Å²) in [6, 6.07) is 0.956. The summed E-state index contributed by atoms with van der Waals surface area (Å²) in [5.74, 6) is 0. The molecular weight excluding hydrogens is 236 g/mol. The highest BCUT2D eigenvalue weighted by Crippen LogP contribution is 2.39. The standard InChI is InChI=1S/C11H18N4OS/c1-12-8-3-2-4-9(8)17-11-14-13-10(16)15(11)7-5-6-7/h7-9,12H,2-6H2,1H3,(H,13,16). The van der Waals surface area contributed by atoms with Gasteiger partial charge in [-0.25, -0.2) is 9.89 Å². The van der Waals surface area contributed by atoms with E-state index in [1.807, 2.05) is 11.6 Å². The van der Waals surface area contributed by atoms with Crippen molar-refractivity contribution in [2.75, 3.05) is 7.05 Å². The van der Waals surface area contributed by atoms with E-state index in [-0.39, 0.29) is 5.69 Å². The zero-order chi connectivity index (χ0) is 11.8. The lowest BCUT2D eigenvalue weighted by atomic mass is 10.2. The molecule has 0 aromatic carbocycles. The fourth-order valence-electron chi connectivity index (χ4n) is 2.56. The Balaban J connectivity index is 1.78. The molecule has 0 bridgehead atoms. The molecule has 94 valence electrons. The molecule has 6 heteroatoms. The molecule has 3 rings (SSSR count). The van der Waals surface area contributed by atoms with Crippen LogP contribution < -0.4 is 11.0 Å². The van der Waals surface area contributed by atoms with Crippen molar-refractivity contribution in [3.8, 4) is 0 Å². The fourth-order valence-corrected chi connectivity index (χ4v) is 4.00. The molecule has 0 spiro atoms. The lowest BCUT2D eigenvalue weighted by Crippen LogP contribution is -2.31. The largest absolute Gasteiger partial charge is 0.344 e. The maximum atomic E-state index is 11.7. The SMILES string of the molecule is CNC1CCCC1Sc1n[nH]c(=O)n1C1CC1. The van der Waals surface area contributed by atoms with Crippen LogP contribution in [0.25, 0.3) is 0 Å². The Bertz CT molecular complexity index is 451. The van der Waals surface area contributed by atoms with Crippen LogP contribution >= 0.6 is 11.8 Å². The van der Waals surface area contributed by atoms with Crippen LogP contribution in [0, 0.1) is 0 Å². The van der Waals surface area contributed by atoms with Gasteiger partial charge in [-0.3, -0.25) is 4.57 Å². The van der Waals surface area contributed by atoms with Crippen LogP contribution in [0.5, 0.6) is 0 Å². The third-order valence-corrected chi connectivity index (χ3v) is 5.03. The van der Waals surface area contributed by atoms with Crippen molar-refractivity contribution in [2.45, 2.75) is 54.6 Å². The van der Waals surface area contributed by atoms with Crippen molar-refractivity contribution in [3.05, 3.63) is 10.5 Å². The van der Waals surface area contributed by atoms with Crippen LogP contribution in [0.3, 0.4) is 0 Å². The number of hydrogen-bond acceptors (Lipinski definition) is 4. The molecular formula is C11H18N4OS. The second-order valence-electron chi connectivity index (χ2n) is 4.89. The molecule has 2 atom stereocenters. The van der Waals surface area contributed by atoms with Gasteiger partial charge in [0, 0.05) is 17.3 Å². The molecule has 2 N–H and O–H groups in total. The number of rotatable bonds is 4. The van der Waals surface area contributed by atoms with Gasteiger partial charge in [0.05, 0.1) is 0 Å². The first-order chi connectivity index (χ1) is 8.29. The molecule has 0 radical (unpaired) electrons. The van der Waals surface area contributed by atoms with Crippen LogP contribution in [0.2, 0.25) is 0 Å². The summed E-state index contributed by atoms with van der Waals surface area (Å²) in [6.45, 7) is 0. The minimum Gasteiger partial charge on any atom is -0.316 e. The predicted molar refractivity (Wildman–Crippen MR) is 67.5 cm³/mol. The summed E-state index contributed by atoms with van der Waals surface area (Å²) in [6.07, 6.45) is 5.94. The lowest BCUT2D eigenvalue weighted by molar-refractivity contribution is 0.586. The van der Waals surface area contributed by atoms with Gasteiger partial charge in [0.15, 0.2) is 5.16 Å². The van der Waals surface area contributed by atoms with E-state index >= 15 is 0 Å². The van der Waals surface area contributed by atoms with Crippen molar-refractivity contribution in [3.63, 3.8) is 0 Å². The quantitative estimate of drug-likeness (QED) is 0.846. The second-order valence-corrected chi connectivity index (χ2v) is 6.10. The Labute approximate surface area is 104 Å². The Morgan fingerprint density at radius 3 is 2.94 bits per heavy atom. The van der Waals surface area contributed by atoms with Gasteiger partial charge in [-0.15, -0.1) is 5.10 Å². The molecule has 2 saturated carbocycles. The molecule has 2 aliphatic carbocycles. The maximum Gasteiger partial charge on any atom is 0.344 e. The summed E-state index contributed by atoms with van der Waals surface area (Å²) in [5, 5.41) is 11.5. The number of nitrogens with zero attached hydrogens (tertiary/aromatic N) is 2. The van der Waals surface area contributed by atoms with Crippen LogP contribution in [-0.4, -0.2) is 33.1 Å². The van der Waals surface area contributed by atoms with Gasteiger partial charge in [-0.2, -0.15) is 0 Å². The topological polar surface area (TPSA) is 62.7 Å². The third-order valence-electron chi connectivity index (χ3n) is 3.66. The van der Waals surface area contributed by atoms with Gasteiger partial charge in [0.2, 0.25) is 0 Å². The Kier molecular flexibility index (Phi) is 3.00. The van der Waals surface area contributed by atoms with Crippen molar-refractivity contribution in [1.29, 1.82) is 0 Å². The first kappa shape index (κ1) is 11.3. The third kappa shape index (κ3) is 2.15. The number of aromatic amines is 1. The van der Waals surface area contributed by atoms with Crippen molar-refractivity contribution < 1.29 is 0 Å². The van der Waals surface area contributed by atoms with E-state index in [0.29, 0.717) is 17.3 Å². The van der Waals surface area contributed by atoms with Crippen LogP contribution in [-0.2, 0) is 0 Å². The van der Waals surface area contributed by atoms with Gasteiger partial charge < -0.3 is 5.32 Å². The summed E-state index contributed by atoms with van der Waals surface area (Å²) in [7, 11) is 2.02. The second kappa shape index (κ2) is 4.49. The molecule has 2 unspecified atom stereocenters. The Morgan fingerprint density at radius 2 is 2.24 bits per heavy atom. The van der Waals surface area contributed by atoms with Crippen LogP contribution in [0.4, 0.5) is 0 Å². The van der Waals surface area contributed by atoms with E-state index in [2.05, 4.69) is 15.5 Å². The lowest BCUT2D eigenvalue weighted by Gasteiger charge is -2.17. The first-order valence-corrected chi connectivity index (χ1v) is 7.18. The maximum absolute atomic E-state index is 11.7. The summed E-state index contributed by atoms with van der Waals surface area (Å²) in [4.78, 5) is 11.7. The van der Waals surface area contributed by atoms with Crippen LogP contribution in [0.1, 0.15) is 38.1 Å². The summed E-state index contributed by atoms with van der Waals surface area (Å²) >= 11 is 1.76. The number of aromatic nitrogens is 3. The molecule has 1 aromatic heterocycles. The number of thioether (sulfide) groups is 1. The zero-order valence-corrected chi connectivity index (χ0v) is 10.8. The monoisotopic (exact) mass is 254 g/mol. The molecule has 2 fully saturated rings. The highest BCUT2D eigenvalue weighted by molar-refractivity contribution is 7.99. The Hall–Kier alpha value is -0.750. The molecule has 1 aromatic rings. The highest BCUT2D eigenvalue weighted by Gasteiger charge is 2.32. The molecule has 5 nitrogen and oxygen atoms in total. The predicted octanol–water partition coefficient (Wildman–Crippen LogP) is 1.14. The van der Waals surface area contributed by atoms with E-state index in [1.54, 1.807) is 11.8 Å². The van der Waals surface area contributed by atoms with E-state index in [0.717, 1.165) is 18.0 Å². The van der Waals surface area contributed by atoms with Crippen molar-refractivity contribution >= 4 is 11.8 Å². The van der Waals surface area contributed by atoms with Gasteiger partial charge in [0.1, 0.15) is 0 Å². The Morgan fingerprint density at radius 1 is 1.41 bits per heavy atom. The van der Waals surface area contributed by atoms with Crippen molar-refractivity contribution in [1.82, 2.24) is 20.1 Å². The van der Waals surface area contributed by atoms with E-state index in [9.17, 15) is 4.79 Å². The summed E-state index contributed by atoms with van der Waals surface area (Å²) < 4.78 is 1.84. The number of hydrogen-bond donors (Lipinski definition) is 2. The minimum atomic E-state index is -0.0472. The van der Waals surface area contributed by atoms with Gasteiger partial charge >= 0.3 is 5.69 Å². The normalized spacial score (nSPS) is 28.8. The first-order valence-electron chi connectivity index (χ1n) is 6.30. The minimum absolute atomic E-state index is 0.0472. The molecule has 2 aliphatic rings. The highest BCUT2D eigenvalue weighted by atomic mass is 32.2. The van der Waals surface area contributed by atoms with Gasteiger partial charge in [-0.05, 0) is 32.7 Å².